The molecule has 2 aromatic rings. The van der Waals surface area contributed by atoms with Gasteiger partial charge in [0.1, 0.15) is 11.5 Å². The van der Waals surface area contributed by atoms with E-state index in [1.165, 1.54) is 0 Å². The summed E-state index contributed by atoms with van der Waals surface area (Å²) in [5.41, 5.74) is 6.45. The molecule has 0 saturated heterocycles. The lowest BCUT2D eigenvalue weighted by Gasteiger charge is -2.21. The fraction of sp³-hybridized carbons (Fsp3) is 0.462. The Bertz CT molecular complexity index is 864. The summed E-state index contributed by atoms with van der Waals surface area (Å²) in [6.45, 7) is 11.0. The second-order valence-corrected chi connectivity index (χ2v) is 8.36. The van der Waals surface area contributed by atoms with Crippen LogP contribution in [0.1, 0.15) is 75.7 Å². The number of ether oxygens (including phenoxy) is 2. The van der Waals surface area contributed by atoms with Gasteiger partial charge in [0.25, 0.3) is 11.8 Å². The van der Waals surface area contributed by atoms with Crippen LogP contribution in [0.15, 0.2) is 48.5 Å². The van der Waals surface area contributed by atoms with Crippen molar-refractivity contribution in [3.8, 4) is 11.5 Å². The van der Waals surface area contributed by atoms with Crippen LogP contribution in [0.2, 0.25) is 0 Å². The molecule has 0 aliphatic rings. The standard InChI is InChI=1S/C26H36N2O4/c1-6-19(5)22-10-8-9-11-24(22)32-23(7-2)26(30)28-27-25(29)20-12-14-21(15-13-20)31-17-16-18(3)4/h8-15,18-19,23H,6-7,16-17H2,1-5H3,(H,27,29)(H,28,30). The molecule has 0 aliphatic carbocycles. The quantitative estimate of drug-likeness (QED) is 0.468. The molecular weight excluding hydrogens is 404 g/mol. The van der Waals surface area contributed by atoms with Crippen molar-refractivity contribution in [2.75, 3.05) is 6.61 Å². The fourth-order valence-electron chi connectivity index (χ4n) is 3.08. The van der Waals surface area contributed by atoms with Gasteiger partial charge < -0.3 is 9.47 Å². The molecule has 2 N–H and O–H groups in total. The molecule has 2 aromatic carbocycles. The van der Waals surface area contributed by atoms with Crippen molar-refractivity contribution in [3.05, 3.63) is 59.7 Å². The Balaban J connectivity index is 1.91. The molecule has 32 heavy (non-hydrogen) atoms. The van der Waals surface area contributed by atoms with Crippen molar-refractivity contribution in [1.29, 1.82) is 0 Å². The average Bonchev–Trinajstić information content (AvgIpc) is 2.80. The van der Waals surface area contributed by atoms with E-state index in [1.54, 1.807) is 24.3 Å². The fourth-order valence-corrected chi connectivity index (χ4v) is 3.08. The molecule has 0 bridgehead atoms. The number of rotatable bonds is 11. The van der Waals surface area contributed by atoms with Crippen LogP contribution in [0.25, 0.3) is 0 Å². The third-order valence-electron chi connectivity index (χ3n) is 5.37. The first kappa shape index (κ1) is 25.2. The Labute approximate surface area is 191 Å². The van der Waals surface area contributed by atoms with Gasteiger partial charge in [0, 0.05) is 5.56 Å². The monoisotopic (exact) mass is 440 g/mol. The molecule has 0 aliphatic heterocycles. The van der Waals surface area contributed by atoms with Crippen LogP contribution in [0, 0.1) is 5.92 Å². The van der Waals surface area contributed by atoms with Crippen LogP contribution in [0.4, 0.5) is 0 Å². The van der Waals surface area contributed by atoms with Crippen molar-refractivity contribution in [3.63, 3.8) is 0 Å². The molecule has 6 nitrogen and oxygen atoms in total. The Morgan fingerprint density at radius 1 is 0.906 bits per heavy atom. The Morgan fingerprint density at radius 3 is 2.22 bits per heavy atom. The highest BCUT2D eigenvalue weighted by molar-refractivity contribution is 5.95. The summed E-state index contributed by atoms with van der Waals surface area (Å²) >= 11 is 0. The number of para-hydroxylation sites is 1. The highest BCUT2D eigenvalue weighted by atomic mass is 16.5. The van der Waals surface area contributed by atoms with Crippen LogP contribution in [-0.2, 0) is 4.79 Å². The number of carbonyl (C=O) groups is 2. The third-order valence-corrected chi connectivity index (χ3v) is 5.37. The van der Waals surface area contributed by atoms with Crippen LogP contribution in [0.5, 0.6) is 11.5 Å². The molecule has 2 atom stereocenters. The maximum atomic E-state index is 12.6. The lowest BCUT2D eigenvalue weighted by atomic mass is 9.98. The molecule has 0 saturated carbocycles. The summed E-state index contributed by atoms with van der Waals surface area (Å²) in [5.74, 6) is 1.51. The van der Waals surface area contributed by atoms with Crippen molar-refractivity contribution >= 4 is 11.8 Å². The summed E-state index contributed by atoms with van der Waals surface area (Å²) in [6, 6.07) is 14.6. The average molecular weight is 441 g/mol. The number of nitrogens with one attached hydrogen (secondary N) is 2. The van der Waals surface area contributed by atoms with E-state index in [0.717, 1.165) is 18.4 Å². The second kappa shape index (κ2) is 12.7. The van der Waals surface area contributed by atoms with Gasteiger partial charge >= 0.3 is 0 Å². The van der Waals surface area contributed by atoms with Crippen molar-refractivity contribution < 1.29 is 19.1 Å². The zero-order chi connectivity index (χ0) is 23.5. The lowest BCUT2D eigenvalue weighted by molar-refractivity contribution is -0.128. The predicted octanol–water partition coefficient (Wildman–Crippen LogP) is 5.24. The van der Waals surface area contributed by atoms with E-state index in [9.17, 15) is 9.59 Å². The van der Waals surface area contributed by atoms with Gasteiger partial charge in [-0.3, -0.25) is 20.4 Å². The summed E-state index contributed by atoms with van der Waals surface area (Å²) < 4.78 is 11.7. The normalized spacial score (nSPS) is 12.7. The van der Waals surface area contributed by atoms with Gasteiger partial charge in [0.15, 0.2) is 6.10 Å². The second-order valence-electron chi connectivity index (χ2n) is 8.36. The van der Waals surface area contributed by atoms with E-state index in [-0.39, 0.29) is 0 Å². The van der Waals surface area contributed by atoms with E-state index < -0.39 is 17.9 Å². The summed E-state index contributed by atoms with van der Waals surface area (Å²) in [7, 11) is 0. The number of carbonyl (C=O) groups excluding carboxylic acids is 2. The van der Waals surface area contributed by atoms with Gasteiger partial charge in [-0.05, 0) is 67.0 Å². The maximum absolute atomic E-state index is 12.6. The van der Waals surface area contributed by atoms with Crippen molar-refractivity contribution in [1.82, 2.24) is 10.9 Å². The minimum absolute atomic E-state index is 0.323. The smallest absolute Gasteiger partial charge is 0.279 e. The Kier molecular flexibility index (Phi) is 10.1. The molecule has 0 aromatic heterocycles. The van der Waals surface area contributed by atoms with Crippen LogP contribution >= 0.6 is 0 Å². The summed E-state index contributed by atoms with van der Waals surface area (Å²) in [6.07, 6.45) is 1.70. The minimum Gasteiger partial charge on any atom is -0.494 e. The van der Waals surface area contributed by atoms with Crippen LogP contribution in [0.3, 0.4) is 0 Å². The van der Waals surface area contributed by atoms with E-state index in [0.29, 0.717) is 41.9 Å². The topological polar surface area (TPSA) is 76.7 Å². The van der Waals surface area contributed by atoms with E-state index in [4.69, 9.17) is 9.47 Å². The SMILES string of the molecule is CCC(Oc1ccccc1C(C)CC)C(=O)NNC(=O)c1ccc(OCCC(C)C)cc1. The zero-order valence-electron chi connectivity index (χ0n) is 19.8. The lowest BCUT2D eigenvalue weighted by Crippen LogP contribution is -2.48. The third kappa shape index (κ3) is 7.59. The van der Waals surface area contributed by atoms with Crippen LogP contribution in [-0.4, -0.2) is 24.5 Å². The molecule has 2 unspecified atom stereocenters. The van der Waals surface area contributed by atoms with Gasteiger partial charge in [0.05, 0.1) is 6.61 Å². The predicted molar refractivity (Wildman–Crippen MR) is 127 cm³/mol. The van der Waals surface area contributed by atoms with Gasteiger partial charge in [-0.2, -0.15) is 0 Å². The van der Waals surface area contributed by atoms with Gasteiger partial charge in [-0.25, -0.2) is 0 Å². The Morgan fingerprint density at radius 2 is 1.59 bits per heavy atom. The van der Waals surface area contributed by atoms with E-state index in [2.05, 4.69) is 38.5 Å². The molecule has 0 heterocycles. The molecular formula is C26H36N2O4. The first-order chi connectivity index (χ1) is 15.3. The van der Waals surface area contributed by atoms with Gasteiger partial charge in [-0.1, -0.05) is 52.8 Å². The highest BCUT2D eigenvalue weighted by Crippen LogP contribution is 2.29. The molecule has 0 spiro atoms. The van der Waals surface area contributed by atoms with E-state index in [1.807, 2.05) is 31.2 Å². The van der Waals surface area contributed by atoms with Gasteiger partial charge in [-0.15, -0.1) is 0 Å². The molecule has 6 heteroatoms. The molecule has 2 rings (SSSR count). The molecule has 0 fully saturated rings. The first-order valence-corrected chi connectivity index (χ1v) is 11.4. The Hall–Kier alpha value is -3.02. The van der Waals surface area contributed by atoms with Crippen molar-refractivity contribution in [2.24, 2.45) is 5.92 Å². The molecule has 0 radical (unpaired) electrons. The number of amides is 2. The maximum Gasteiger partial charge on any atom is 0.279 e. The van der Waals surface area contributed by atoms with Gasteiger partial charge in [0.2, 0.25) is 0 Å². The minimum atomic E-state index is -0.711. The van der Waals surface area contributed by atoms with E-state index >= 15 is 0 Å². The summed E-state index contributed by atoms with van der Waals surface area (Å²) in [4.78, 5) is 25.0. The number of hydrogen-bond donors (Lipinski definition) is 2. The number of hydrazine groups is 1. The molecule has 174 valence electrons. The largest absolute Gasteiger partial charge is 0.494 e. The van der Waals surface area contributed by atoms with Crippen molar-refractivity contribution in [2.45, 2.75) is 65.9 Å². The highest BCUT2D eigenvalue weighted by Gasteiger charge is 2.21. The summed E-state index contributed by atoms with van der Waals surface area (Å²) in [5, 5.41) is 0. The zero-order valence-corrected chi connectivity index (χ0v) is 19.8. The number of hydrogen-bond acceptors (Lipinski definition) is 4. The first-order valence-electron chi connectivity index (χ1n) is 11.4. The van der Waals surface area contributed by atoms with Crippen LogP contribution < -0.4 is 20.3 Å². The number of benzene rings is 2. The molecule has 2 amide bonds.